The number of carbonyl (C=O) groups is 2. The molecule has 0 aromatic heterocycles. The van der Waals surface area contributed by atoms with E-state index >= 15 is 0 Å². The van der Waals surface area contributed by atoms with Crippen molar-refractivity contribution in [3.63, 3.8) is 0 Å². The van der Waals surface area contributed by atoms with Crippen molar-refractivity contribution in [3.8, 4) is 5.75 Å². The molecular weight excluding hydrogens is 470 g/mol. The number of morpholine rings is 1. The predicted octanol–water partition coefficient (Wildman–Crippen LogP) is 1.34. The summed E-state index contributed by atoms with van der Waals surface area (Å²) in [6, 6.07) is 12.3. The van der Waals surface area contributed by atoms with Gasteiger partial charge in [-0.2, -0.15) is 0 Å². The van der Waals surface area contributed by atoms with E-state index in [0.717, 1.165) is 30.1 Å². The zero-order chi connectivity index (χ0) is 24.5. The lowest BCUT2D eigenvalue weighted by Gasteiger charge is -2.36. The third-order valence-corrected chi connectivity index (χ3v) is 6.97. The van der Waals surface area contributed by atoms with E-state index in [1.54, 1.807) is 18.2 Å². The monoisotopic (exact) mass is 499 g/mol. The van der Waals surface area contributed by atoms with Crippen molar-refractivity contribution in [2.45, 2.75) is 49.9 Å². The maximum Gasteiger partial charge on any atom is 0.265 e. The van der Waals surface area contributed by atoms with Crippen LogP contribution in [0.15, 0.2) is 42.5 Å². The summed E-state index contributed by atoms with van der Waals surface area (Å²) in [7, 11) is 0. The summed E-state index contributed by atoms with van der Waals surface area (Å²) in [5.41, 5.74) is 2.53. The summed E-state index contributed by atoms with van der Waals surface area (Å²) >= 11 is 4.39. The predicted molar refractivity (Wildman–Crippen MR) is 130 cm³/mol. The standard InChI is InChI=1S/C25H29N3O6S/c29-20-9-8-18(23(30)26-20)28-24(31)17-2-1-3-19(22(17)25(28)32)34-14-16-6-4-15(5-7-16)12-27-10-11-33-21(35)13-27/h1-7,18,20-21,23,26,29-30,35H,8-14H2. The number of thiol groups is 1. The molecule has 2 saturated heterocycles. The highest BCUT2D eigenvalue weighted by Crippen LogP contribution is 2.34. The maximum absolute atomic E-state index is 13.2. The highest BCUT2D eigenvalue weighted by atomic mass is 32.1. The average molecular weight is 500 g/mol. The minimum atomic E-state index is -1.19. The molecule has 2 aromatic rings. The molecule has 186 valence electrons. The molecule has 0 bridgehead atoms. The van der Waals surface area contributed by atoms with E-state index < -0.39 is 30.3 Å². The molecule has 3 heterocycles. The van der Waals surface area contributed by atoms with Gasteiger partial charge in [0.05, 0.1) is 23.8 Å². The first-order chi connectivity index (χ1) is 16.9. The normalized spacial score (nSPS) is 27.2. The van der Waals surface area contributed by atoms with E-state index in [1.165, 1.54) is 5.56 Å². The number of nitrogens with one attached hydrogen (secondary N) is 1. The minimum Gasteiger partial charge on any atom is -0.488 e. The SMILES string of the molecule is O=C1c2cccc(OCc3ccc(CN4CCOC(S)C4)cc3)c2C(=O)N1C1CCC(O)NC1O. The number of imide groups is 1. The quantitative estimate of drug-likeness (QED) is 0.348. The number of piperidine rings is 1. The molecule has 2 fully saturated rings. The molecule has 0 saturated carbocycles. The number of hydrogen-bond acceptors (Lipinski definition) is 9. The number of hydrogen-bond donors (Lipinski definition) is 4. The lowest BCUT2D eigenvalue weighted by atomic mass is 10.0. The van der Waals surface area contributed by atoms with E-state index in [9.17, 15) is 19.8 Å². The molecule has 0 spiro atoms. The third-order valence-electron chi connectivity index (χ3n) is 6.66. The Labute approximate surface area is 209 Å². The summed E-state index contributed by atoms with van der Waals surface area (Å²) in [6.45, 7) is 3.40. The summed E-state index contributed by atoms with van der Waals surface area (Å²) in [5, 5.41) is 22.6. The Balaban J connectivity index is 1.25. The molecule has 3 N–H and O–H groups in total. The Morgan fingerprint density at radius 1 is 1.06 bits per heavy atom. The van der Waals surface area contributed by atoms with Crippen LogP contribution >= 0.6 is 12.6 Å². The molecular formula is C25H29N3O6S. The fourth-order valence-electron chi connectivity index (χ4n) is 4.83. The van der Waals surface area contributed by atoms with Crippen molar-refractivity contribution in [1.29, 1.82) is 0 Å². The van der Waals surface area contributed by atoms with Crippen molar-refractivity contribution in [3.05, 3.63) is 64.7 Å². The number of rotatable bonds is 6. The van der Waals surface area contributed by atoms with Crippen molar-refractivity contribution in [2.75, 3.05) is 19.7 Å². The Kier molecular flexibility index (Phi) is 7.10. The summed E-state index contributed by atoms with van der Waals surface area (Å²) in [5.74, 6) is -0.626. The van der Waals surface area contributed by atoms with Crippen LogP contribution in [0.5, 0.6) is 5.75 Å². The molecule has 0 radical (unpaired) electrons. The van der Waals surface area contributed by atoms with Gasteiger partial charge >= 0.3 is 0 Å². The number of nitrogens with zero attached hydrogens (tertiary/aromatic N) is 2. The van der Waals surface area contributed by atoms with Gasteiger partial charge in [-0.25, -0.2) is 0 Å². The highest BCUT2D eigenvalue weighted by molar-refractivity contribution is 7.80. The second kappa shape index (κ2) is 10.3. The third kappa shape index (κ3) is 5.09. The van der Waals surface area contributed by atoms with Gasteiger partial charge in [-0.05, 0) is 36.1 Å². The zero-order valence-electron chi connectivity index (χ0n) is 19.2. The second-order valence-electron chi connectivity index (χ2n) is 9.10. The number of benzene rings is 2. The smallest absolute Gasteiger partial charge is 0.265 e. The Morgan fingerprint density at radius 2 is 1.83 bits per heavy atom. The Hall–Kier alpha value is -2.47. The number of aliphatic hydroxyl groups is 2. The highest BCUT2D eigenvalue weighted by Gasteiger charge is 2.45. The van der Waals surface area contributed by atoms with E-state index in [4.69, 9.17) is 9.47 Å². The van der Waals surface area contributed by atoms with Gasteiger partial charge in [-0.1, -0.05) is 30.3 Å². The van der Waals surface area contributed by atoms with Crippen LogP contribution in [0.25, 0.3) is 0 Å². The first-order valence-corrected chi connectivity index (χ1v) is 12.3. The minimum absolute atomic E-state index is 0.0567. The molecule has 9 nitrogen and oxygen atoms in total. The van der Waals surface area contributed by atoms with Crippen molar-refractivity contribution in [2.24, 2.45) is 0 Å². The maximum atomic E-state index is 13.2. The molecule has 3 aliphatic heterocycles. The van der Waals surface area contributed by atoms with Crippen LogP contribution in [0, 0.1) is 0 Å². The lowest BCUT2D eigenvalue weighted by Crippen LogP contribution is -2.58. The van der Waals surface area contributed by atoms with Gasteiger partial charge in [0.2, 0.25) is 0 Å². The first-order valence-electron chi connectivity index (χ1n) is 11.8. The van der Waals surface area contributed by atoms with Gasteiger partial charge in [-0.3, -0.25) is 24.7 Å². The van der Waals surface area contributed by atoms with Gasteiger partial charge in [-0.15, -0.1) is 12.6 Å². The van der Waals surface area contributed by atoms with Crippen molar-refractivity contribution < 1.29 is 29.3 Å². The van der Waals surface area contributed by atoms with Crippen molar-refractivity contribution >= 4 is 24.4 Å². The molecule has 4 atom stereocenters. The number of ether oxygens (including phenoxy) is 2. The second-order valence-corrected chi connectivity index (χ2v) is 9.67. The first kappa shape index (κ1) is 24.2. The van der Waals surface area contributed by atoms with Crippen LogP contribution in [0.1, 0.15) is 44.7 Å². The van der Waals surface area contributed by atoms with Crippen LogP contribution in [-0.2, 0) is 17.9 Å². The lowest BCUT2D eigenvalue weighted by molar-refractivity contribution is -0.0413. The van der Waals surface area contributed by atoms with Gasteiger partial charge in [0.15, 0.2) is 0 Å². The van der Waals surface area contributed by atoms with Gasteiger partial charge in [0.25, 0.3) is 11.8 Å². The molecule has 3 aliphatic rings. The zero-order valence-corrected chi connectivity index (χ0v) is 20.1. The van der Waals surface area contributed by atoms with Gasteiger partial charge in [0, 0.05) is 19.6 Å². The number of aliphatic hydroxyl groups excluding tert-OH is 2. The van der Waals surface area contributed by atoms with Crippen LogP contribution < -0.4 is 10.1 Å². The number of carbonyl (C=O) groups excluding carboxylic acids is 2. The Bertz CT molecular complexity index is 1100. The van der Waals surface area contributed by atoms with Crippen LogP contribution in [0.2, 0.25) is 0 Å². The molecule has 0 aliphatic carbocycles. The molecule has 2 amide bonds. The van der Waals surface area contributed by atoms with E-state index in [0.29, 0.717) is 25.2 Å². The van der Waals surface area contributed by atoms with Crippen molar-refractivity contribution in [1.82, 2.24) is 15.1 Å². The van der Waals surface area contributed by atoms with Gasteiger partial charge in [0.1, 0.15) is 30.2 Å². The van der Waals surface area contributed by atoms with Crippen LogP contribution in [0.4, 0.5) is 0 Å². The molecule has 35 heavy (non-hydrogen) atoms. The fourth-order valence-corrected chi connectivity index (χ4v) is 5.17. The summed E-state index contributed by atoms with van der Waals surface area (Å²) < 4.78 is 11.4. The van der Waals surface area contributed by atoms with Crippen LogP contribution in [0.3, 0.4) is 0 Å². The Morgan fingerprint density at radius 3 is 2.57 bits per heavy atom. The van der Waals surface area contributed by atoms with E-state index in [1.807, 2.05) is 12.1 Å². The van der Waals surface area contributed by atoms with Crippen LogP contribution in [-0.4, -0.2) is 75.5 Å². The number of amides is 2. The largest absolute Gasteiger partial charge is 0.488 e. The summed E-state index contributed by atoms with van der Waals surface area (Å²) in [6.07, 6.45) is -1.42. The molecule has 4 unspecified atom stereocenters. The fraction of sp³-hybridized carbons (Fsp3) is 0.440. The number of fused-ring (bicyclic) bond motifs is 1. The van der Waals surface area contributed by atoms with E-state index in [2.05, 4.69) is 35.0 Å². The average Bonchev–Trinajstić information content (AvgIpc) is 3.09. The molecule has 5 rings (SSSR count). The molecule has 2 aromatic carbocycles. The summed E-state index contributed by atoms with van der Waals surface area (Å²) in [4.78, 5) is 29.6. The molecule has 10 heteroatoms. The topological polar surface area (TPSA) is 112 Å². The van der Waals surface area contributed by atoms with E-state index in [-0.39, 0.29) is 23.2 Å². The van der Waals surface area contributed by atoms with Gasteiger partial charge < -0.3 is 19.7 Å².